The summed E-state index contributed by atoms with van der Waals surface area (Å²) >= 11 is 5.80. The minimum absolute atomic E-state index is 0.215. The van der Waals surface area contributed by atoms with Crippen molar-refractivity contribution in [3.05, 3.63) is 102 Å². The van der Waals surface area contributed by atoms with Gasteiger partial charge in [0, 0.05) is 37.2 Å². The Morgan fingerprint density at radius 3 is 2.56 bits per heavy atom. The summed E-state index contributed by atoms with van der Waals surface area (Å²) in [6.07, 6.45) is 1.78. The predicted molar refractivity (Wildman–Crippen MR) is 144 cm³/mol. The molecule has 8 heteroatoms. The number of esters is 1. The van der Waals surface area contributed by atoms with Crippen LogP contribution in [-0.4, -0.2) is 37.3 Å². The number of thiocarbonyl (C=S) groups is 1. The quantitative estimate of drug-likeness (QED) is 0.281. The van der Waals surface area contributed by atoms with Crippen LogP contribution in [0.25, 0.3) is 11.3 Å². The van der Waals surface area contributed by atoms with Crippen LogP contribution in [0.3, 0.4) is 0 Å². The number of anilines is 2. The van der Waals surface area contributed by atoms with E-state index in [2.05, 4.69) is 44.4 Å². The van der Waals surface area contributed by atoms with Crippen molar-refractivity contribution in [1.29, 1.82) is 0 Å². The van der Waals surface area contributed by atoms with Crippen molar-refractivity contribution in [3.63, 3.8) is 0 Å². The summed E-state index contributed by atoms with van der Waals surface area (Å²) < 4.78 is 11.3. The maximum absolute atomic E-state index is 12.0. The largest absolute Gasteiger partial charge is 0.465 e. The van der Waals surface area contributed by atoms with Crippen LogP contribution in [0.2, 0.25) is 0 Å². The van der Waals surface area contributed by atoms with E-state index in [9.17, 15) is 4.79 Å². The molecule has 2 atom stereocenters. The Morgan fingerprint density at radius 1 is 1.06 bits per heavy atom. The highest BCUT2D eigenvalue weighted by atomic mass is 32.1. The fourth-order valence-corrected chi connectivity index (χ4v) is 4.76. The lowest BCUT2D eigenvalue weighted by molar-refractivity contribution is 0.0601. The van der Waals surface area contributed by atoms with Gasteiger partial charge in [0.2, 0.25) is 0 Å². The summed E-state index contributed by atoms with van der Waals surface area (Å²) in [6.45, 7) is 0. The van der Waals surface area contributed by atoms with Gasteiger partial charge in [0.25, 0.3) is 0 Å². The van der Waals surface area contributed by atoms with Crippen molar-refractivity contribution in [2.45, 2.75) is 12.1 Å². The van der Waals surface area contributed by atoms with E-state index in [1.54, 1.807) is 18.3 Å². The Bertz CT molecular complexity index is 1390. The van der Waals surface area contributed by atoms with Crippen molar-refractivity contribution in [2.75, 3.05) is 31.0 Å². The van der Waals surface area contributed by atoms with Crippen LogP contribution in [0.4, 0.5) is 11.4 Å². The van der Waals surface area contributed by atoms with Crippen molar-refractivity contribution in [3.8, 4) is 11.3 Å². The Morgan fingerprint density at radius 2 is 1.86 bits per heavy atom. The molecule has 36 heavy (non-hydrogen) atoms. The Hall–Kier alpha value is -4.17. The van der Waals surface area contributed by atoms with Crippen molar-refractivity contribution >= 4 is 34.7 Å². The first kappa shape index (κ1) is 23.6. The zero-order valence-electron chi connectivity index (χ0n) is 20.2. The number of pyridine rings is 1. The van der Waals surface area contributed by atoms with Gasteiger partial charge in [0.1, 0.15) is 17.6 Å². The second-order valence-corrected chi connectivity index (χ2v) is 9.07. The normalized spacial score (nSPS) is 17.1. The zero-order valence-corrected chi connectivity index (χ0v) is 21.0. The molecule has 4 aromatic rings. The summed E-state index contributed by atoms with van der Waals surface area (Å²) in [5.41, 5.74) is 4.16. The first-order valence-electron chi connectivity index (χ1n) is 11.5. The smallest absolute Gasteiger partial charge is 0.337 e. The van der Waals surface area contributed by atoms with E-state index in [1.165, 1.54) is 7.11 Å². The summed E-state index contributed by atoms with van der Waals surface area (Å²) in [6, 6.07) is 24.7. The first-order chi connectivity index (χ1) is 17.5. The van der Waals surface area contributed by atoms with Crippen molar-refractivity contribution in [2.24, 2.45) is 0 Å². The van der Waals surface area contributed by atoms with Gasteiger partial charge in [0.05, 0.1) is 24.4 Å². The van der Waals surface area contributed by atoms with Crippen LogP contribution >= 0.6 is 12.2 Å². The average Bonchev–Trinajstić information content (AvgIpc) is 3.53. The van der Waals surface area contributed by atoms with E-state index in [1.807, 2.05) is 56.6 Å². The lowest BCUT2D eigenvalue weighted by Crippen LogP contribution is -2.29. The van der Waals surface area contributed by atoms with Crippen LogP contribution in [-0.2, 0) is 4.74 Å². The minimum Gasteiger partial charge on any atom is -0.465 e. The molecule has 0 radical (unpaired) electrons. The van der Waals surface area contributed by atoms with Gasteiger partial charge in [-0.1, -0.05) is 18.2 Å². The number of rotatable bonds is 6. The summed E-state index contributed by atoms with van der Waals surface area (Å²) in [5, 5.41) is 4.04. The molecule has 0 saturated carbocycles. The van der Waals surface area contributed by atoms with Gasteiger partial charge in [0.15, 0.2) is 5.11 Å². The van der Waals surface area contributed by atoms with Gasteiger partial charge in [-0.2, -0.15) is 0 Å². The topological polar surface area (TPSA) is 70.8 Å². The standard InChI is InChI=1S/C28H26N4O3S/c1-31(2)20-10-12-21(13-11-20)32-26(25(30-28(32)36)22-9-4-5-16-29-22)24-15-14-23(35-24)18-7-6-8-19(17-18)27(33)34-3/h4-17,25-26H,1-3H3,(H,30,36). The highest BCUT2D eigenvalue weighted by Gasteiger charge is 2.42. The molecule has 1 aliphatic heterocycles. The lowest BCUT2D eigenvalue weighted by Gasteiger charge is -2.26. The zero-order chi connectivity index (χ0) is 25.2. The molecule has 2 unspecified atom stereocenters. The second-order valence-electron chi connectivity index (χ2n) is 8.68. The summed E-state index contributed by atoms with van der Waals surface area (Å²) in [4.78, 5) is 20.7. The molecule has 0 bridgehead atoms. The third kappa shape index (κ3) is 4.43. The van der Waals surface area contributed by atoms with Gasteiger partial charge in [-0.25, -0.2) is 4.79 Å². The van der Waals surface area contributed by atoms with E-state index in [0.717, 1.165) is 28.4 Å². The van der Waals surface area contributed by atoms with Gasteiger partial charge in [-0.3, -0.25) is 4.98 Å². The summed E-state index contributed by atoms with van der Waals surface area (Å²) in [5.74, 6) is 0.987. The monoisotopic (exact) mass is 498 g/mol. The second kappa shape index (κ2) is 9.83. The predicted octanol–water partition coefficient (Wildman–Crippen LogP) is 5.37. The molecule has 1 aliphatic rings. The maximum atomic E-state index is 12.0. The molecular weight excluding hydrogens is 472 g/mol. The van der Waals surface area contributed by atoms with Gasteiger partial charge in [-0.05, 0) is 72.9 Å². The molecule has 1 N–H and O–H groups in total. The molecule has 5 rings (SSSR count). The highest BCUT2D eigenvalue weighted by molar-refractivity contribution is 7.80. The maximum Gasteiger partial charge on any atom is 0.337 e. The molecule has 0 aliphatic carbocycles. The van der Waals surface area contributed by atoms with Crippen molar-refractivity contribution in [1.82, 2.24) is 10.3 Å². The Labute approximate surface area is 215 Å². The van der Waals surface area contributed by atoms with Crippen LogP contribution < -0.4 is 15.1 Å². The van der Waals surface area contributed by atoms with Crippen LogP contribution in [0, 0.1) is 0 Å². The minimum atomic E-state index is -0.392. The van der Waals surface area contributed by atoms with Gasteiger partial charge >= 0.3 is 5.97 Å². The molecule has 182 valence electrons. The number of hydrogen-bond donors (Lipinski definition) is 1. The van der Waals surface area contributed by atoms with Gasteiger partial charge in [-0.15, -0.1) is 0 Å². The first-order valence-corrected chi connectivity index (χ1v) is 11.9. The van der Waals surface area contributed by atoms with E-state index < -0.39 is 5.97 Å². The number of carbonyl (C=O) groups excluding carboxylic acids is 1. The average molecular weight is 499 g/mol. The number of hydrogen-bond acceptors (Lipinski definition) is 6. The van der Waals surface area contributed by atoms with E-state index in [0.29, 0.717) is 16.4 Å². The number of furan rings is 1. The Kier molecular flexibility index (Phi) is 6.43. The number of aromatic nitrogens is 1. The van der Waals surface area contributed by atoms with Crippen molar-refractivity contribution < 1.29 is 13.9 Å². The van der Waals surface area contributed by atoms with Crippen LogP contribution in [0.1, 0.15) is 33.9 Å². The third-order valence-electron chi connectivity index (χ3n) is 6.23. The third-order valence-corrected chi connectivity index (χ3v) is 6.54. The number of nitrogens with zero attached hydrogens (tertiary/aromatic N) is 3. The molecule has 3 heterocycles. The summed E-state index contributed by atoms with van der Waals surface area (Å²) in [7, 11) is 5.39. The van der Waals surface area contributed by atoms with E-state index >= 15 is 0 Å². The molecule has 0 amide bonds. The number of ether oxygens (including phenoxy) is 1. The van der Waals surface area contributed by atoms with E-state index in [-0.39, 0.29) is 12.1 Å². The molecule has 1 fully saturated rings. The number of methoxy groups -OCH3 is 1. The lowest BCUT2D eigenvalue weighted by atomic mass is 10.0. The molecule has 2 aromatic carbocycles. The number of benzene rings is 2. The molecule has 1 saturated heterocycles. The molecule has 0 spiro atoms. The van der Waals surface area contributed by atoms with Gasteiger partial charge < -0.3 is 24.3 Å². The molecule has 7 nitrogen and oxygen atoms in total. The SMILES string of the molecule is COC(=O)c1cccc(-c2ccc(C3C(c4ccccn4)NC(=S)N3c3ccc(N(C)C)cc3)o2)c1. The highest BCUT2D eigenvalue weighted by Crippen LogP contribution is 2.43. The van der Waals surface area contributed by atoms with Crippen LogP contribution in [0.15, 0.2) is 89.5 Å². The van der Waals surface area contributed by atoms with Crippen LogP contribution in [0.5, 0.6) is 0 Å². The fraction of sp³-hybridized carbons (Fsp3) is 0.179. The number of carbonyl (C=O) groups is 1. The fourth-order valence-electron chi connectivity index (χ4n) is 4.42. The molecule has 2 aromatic heterocycles. The Balaban J connectivity index is 1.56. The number of nitrogens with one attached hydrogen (secondary N) is 1. The molecular formula is C28H26N4O3S. The van der Waals surface area contributed by atoms with E-state index in [4.69, 9.17) is 21.4 Å².